The van der Waals surface area contributed by atoms with Crippen molar-refractivity contribution in [3.05, 3.63) is 34.9 Å². The molecule has 1 aromatic carbocycles. The van der Waals surface area contributed by atoms with E-state index in [0.717, 1.165) is 11.8 Å². The molecule has 3 rings (SSSR count). The van der Waals surface area contributed by atoms with Crippen LogP contribution in [0.15, 0.2) is 18.2 Å². The third-order valence-corrected chi connectivity index (χ3v) is 7.84. The summed E-state index contributed by atoms with van der Waals surface area (Å²) in [6.07, 6.45) is 1.16. The Hall–Kier alpha value is -0.960. The molecule has 8 heteroatoms. The maximum absolute atomic E-state index is 12.1. The summed E-state index contributed by atoms with van der Waals surface area (Å²) in [7, 11) is -6.61. The highest BCUT2D eigenvalue weighted by Gasteiger charge is 2.49. The lowest BCUT2D eigenvalue weighted by molar-refractivity contribution is 0.0895. The van der Waals surface area contributed by atoms with E-state index in [1.807, 2.05) is 13.8 Å². The Morgan fingerprint density at radius 2 is 1.62 bits per heavy atom. The topological polar surface area (TPSA) is 74.8 Å². The van der Waals surface area contributed by atoms with Gasteiger partial charge in [-0.2, -0.15) is 4.31 Å². The second-order valence-electron chi connectivity index (χ2n) is 7.05. The van der Waals surface area contributed by atoms with Crippen LogP contribution in [0.1, 0.15) is 16.7 Å². The van der Waals surface area contributed by atoms with Crippen LogP contribution in [0.3, 0.4) is 0 Å². The van der Waals surface area contributed by atoms with Gasteiger partial charge in [0.25, 0.3) is 0 Å². The van der Waals surface area contributed by atoms with E-state index < -0.39 is 25.9 Å². The van der Waals surface area contributed by atoms with Gasteiger partial charge in [0.15, 0.2) is 9.84 Å². The summed E-state index contributed by atoms with van der Waals surface area (Å²) in [5.74, 6) is -0.0391. The van der Waals surface area contributed by atoms with Crippen LogP contribution in [0.4, 0.5) is 0 Å². The van der Waals surface area contributed by atoms with Crippen LogP contribution < -0.4 is 0 Å². The van der Waals surface area contributed by atoms with Crippen LogP contribution in [0.5, 0.6) is 0 Å². The van der Waals surface area contributed by atoms with Crippen molar-refractivity contribution in [2.75, 3.05) is 30.9 Å². The number of nitrogens with zero attached hydrogens (tertiary/aromatic N) is 2. The van der Waals surface area contributed by atoms with E-state index in [-0.39, 0.29) is 17.5 Å². The zero-order valence-electron chi connectivity index (χ0n) is 14.3. The summed E-state index contributed by atoms with van der Waals surface area (Å²) >= 11 is 0. The van der Waals surface area contributed by atoms with Gasteiger partial charge >= 0.3 is 0 Å². The quantitative estimate of drug-likeness (QED) is 0.774. The smallest absolute Gasteiger partial charge is 0.211 e. The second-order valence-corrected chi connectivity index (χ2v) is 11.1. The van der Waals surface area contributed by atoms with E-state index in [1.165, 1.54) is 15.4 Å². The van der Waals surface area contributed by atoms with Crippen LogP contribution >= 0.6 is 0 Å². The van der Waals surface area contributed by atoms with Gasteiger partial charge in [0.05, 0.1) is 23.8 Å². The molecule has 134 valence electrons. The Morgan fingerprint density at radius 1 is 1.04 bits per heavy atom. The Kier molecular flexibility index (Phi) is 4.53. The molecule has 2 fully saturated rings. The van der Waals surface area contributed by atoms with Crippen LogP contribution in [0, 0.1) is 13.8 Å². The molecule has 0 N–H and O–H groups in total. The number of piperazine rings is 1. The molecule has 0 aromatic heterocycles. The number of sulfonamides is 1. The highest BCUT2D eigenvalue weighted by Crippen LogP contribution is 2.29. The zero-order chi connectivity index (χ0) is 17.7. The minimum Gasteiger partial charge on any atom is -0.292 e. The van der Waals surface area contributed by atoms with Gasteiger partial charge < -0.3 is 0 Å². The van der Waals surface area contributed by atoms with Crippen LogP contribution in [0.25, 0.3) is 0 Å². The molecule has 0 unspecified atom stereocenters. The van der Waals surface area contributed by atoms with Crippen molar-refractivity contribution in [2.45, 2.75) is 32.5 Å². The Bertz CT molecular complexity index is 829. The largest absolute Gasteiger partial charge is 0.292 e. The van der Waals surface area contributed by atoms with Crippen LogP contribution in [-0.4, -0.2) is 69.0 Å². The van der Waals surface area contributed by atoms with Crippen molar-refractivity contribution in [2.24, 2.45) is 0 Å². The predicted molar refractivity (Wildman–Crippen MR) is 94.1 cm³/mol. The first-order valence-corrected chi connectivity index (χ1v) is 11.7. The third-order valence-electron chi connectivity index (χ3n) is 4.83. The van der Waals surface area contributed by atoms with Crippen molar-refractivity contribution in [3.63, 3.8) is 0 Å². The number of aryl methyl sites for hydroxylation is 2. The summed E-state index contributed by atoms with van der Waals surface area (Å²) in [4.78, 5) is 2.13. The first-order valence-electron chi connectivity index (χ1n) is 8.04. The highest BCUT2D eigenvalue weighted by atomic mass is 32.2. The lowest BCUT2D eigenvalue weighted by Gasteiger charge is -2.42. The number of hydrogen-bond acceptors (Lipinski definition) is 5. The van der Waals surface area contributed by atoms with E-state index in [0.29, 0.717) is 19.6 Å². The van der Waals surface area contributed by atoms with E-state index >= 15 is 0 Å². The first-order chi connectivity index (χ1) is 11.0. The Morgan fingerprint density at radius 3 is 2.21 bits per heavy atom. The molecule has 2 heterocycles. The molecular weight excluding hydrogens is 348 g/mol. The number of rotatable bonds is 3. The molecule has 0 spiro atoms. The maximum atomic E-state index is 12.1. The summed E-state index contributed by atoms with van der Waals surface area (Å²) in [5, 5.41) is 0. The molecule has 2 atom stereocenters. The van der Waals surface area contributed by atoms with Gasteiger partial charge in [-0.25, -0.2) is 16.8 Å². The van der Waals surface area contributed by atoms with Gasteiger partial charge in [0.1, 0.15) is 0 Å². The van der Waals surface area contributed by atoms with E-state index in [2.05, 4.69) is 23.1 Å². The highest BCUT2D eigenvalue weighted by molar-refractivity contribution is 7.92. The van der Waals surface area contributed by atoms with E-state index in [9.17, 15) is 16.8 Å². The predicted octanol–water partition coefficient (Wildman–Crippen LogP) is 0.546. The molecule has 2 saturated heterocycles. The average Bonchev–Trinajstić information content (AvgIpc) is 2.71. The van der Waals surface area contributed by atoms with Crippen molar-refractivity contribution in [1.82, 2.24) is 9.21 Å². The molecule has 2 aliphatic rings. The fourth-order valence-electron chi connectivity index (χ4n) is 4.00. The molecule has 0 radical (unpaired) electrons. The molecule has 0 bridgehead atoms. The Labute approximate surface area is 144 Å². The molecule has 1 aromatic rings. The summed E-state index contributed by atoms with van der Waals surface area (Å²) < 4.78 is 49.6. The normalized spacial score (nSPS) is 28.0. The van der Waals surface area contributed by atoms with Gasteiger partial charge in [0.2, 0.25) is 10.0 Å². The zero-order valence-corrected chi connectivity index (χ0v) is 15.9. The van der Waals surface area contributed by atoms with Crippen molar-refractivity contribution >= 4 is 19.9 Å². The van der Waals surface area contributed by atoms with Gasteiger partial charge in [-0.05, 0) is 19.4 Å². The van der Waals surface area contributed by atoms with Gasteiger partial charge in [0, 0.05) is 25.7 Å². The average molecular weight is 373 g/mol. The van der Waals surface area contributed by atoms with Gasteiger partial charge in [-0.15, -0.1) is 0 Å². The van der Waals surface area contributed by atoms with Crippen LogP contribution in [-0.2, 0) is 26.4 Å². The van der Waals surface area contributed by atoms with Crippen LogP contribution in [0.2, 0.25) is 0 Å². The second kappa shape index (κ2) is 6.09. The van der Waals surface area contributed by atoms with E-state index in [4.69, 9.17) is 0 Å². The minimum absolute atomic E-state index is 0.0362. The lowest BCUT2D eigenvalue weighted by Crippen LogP contribution is -2.59. The minimum atomic E-state index is -3.40. The SMILES string of the molecule is Cc1cc(C)cc(CN2CCN(S(C)(=O)=O)[C@@H]3CS(=O)(=O)C[C@@H]32)c1. The standard InChI is InChI=1S/C16H24N2O4S2/c1-12-6-13(2)8-14(7-12)9-17-4-5-18(23(3,19)20)16-11-24(21,22)10-15(16)17/h6-8,15-16H,4-5,9-11H2,1-3H3/t15-,16+/m0/s1. The first kappa shape index (κ1) is 17.8. The fraction of sp³-hybridized carbons (Fsp3) is 0.625. The van der Waals surface area contributed by atoms with E-state index in [1.54, 1.807) is 0 Å². The van der Waals surface area contributed by atoms with Gasteiger partial charge in [-0.3, -0.25) is 4.90 Å². The number of sulfone groups is 1. The Balaban J connectivity index is 1.88. The fourth-order valence-corrected chi connectivity index (χ4v) is 7.22. The number of fused-ring (bicyclic) bond motifs is 1. The molecule has 6 nitrogen and oxygen atoms in total. The molecule has 0 aliphatic carbocycles. The maximum Gasteiger partial charge on any atom is 0.211 e. The lowest BCUT2D eigenvalue weighted by atomic mass is 10.0. The van der Waals surface area contributed by atoms with Crippen molar-refractivity contribution < 1.29 is 16.8 Å². The summed E-state index contributed by atoms with van der Waals surface area (Å²) in [6.45, 7) is 5.63. The molecular formula is C16H24N2O4S2. The summed E-state index contributed by atoms with van der Waals surface area (Å²) in [5.41, 5.74) is 3.49. The van der Waals surface area contributed by atoms with Crippen molar-refractivity contribution in [3.8, 4) is 0 Å². The molecule has 24 heavy (non-hydrogen) atoms. The monoisotopic (exact) mass is 372 g/mol. The molecule has 0 saturated carbocycles. The van der Waals surface area contributed by atoms with Gasteiger partial charge in [-0.1, -0.05) is 29.3 Å². The summed E-state index contributed by atoms with van der Waals surface area (Å²) in [6, 6.07) is 5.58. The third kappa shape index (κ3) is 3.66. The number of hydrogen-bond donors (Lipinski definition) is 0. The molecule has 0 amide bonds. The van der Waals surface area contributed by atoms with Crippen molar-refractivity contribution in [1.29, 1.82) is 0 Å². The number of benzene rings is 1. The molecule has 2 aliphatic heterocycles.